The summed E-state index contributed by atoms with van der Waals surface area (Å²) >= 11 is 0. The maximum absolute atomic E-state index is 10.3. The second-order valence-corrected chi connectivity index (χ2v) is 3.17. The summed E-state index contributed by atoms with van der Waals surface area (Å²) in [6.45, 7) is 3.61. The lowest BCUT2D eigenvalue weighted by Crippen LogP contribution is -2.13. The van der Waals surface area contributed by atoms with E-state index in [0.717, 1.165) is 11.1 Å². The molecule has 4 heteroatoms. The molecule has 0 amide bonds. The Morgan fingerprint density at radius 1 is 1.17 bits per heavy atom. The van der Waals surface area contributed by atoms with E-state index >= 15 is 0 Å². The largest absolute Gasteiger partial charge is 0.810 e. The van der Waals surface area contributed by atoms with Crippen molar-refractivity contribution in [2.24, 2.45) is 0 Å². The average molecular weight is 184 g/mol. The molecule has 0 bridgehead atoms. The molecule has 0 aliphatic rings. The van der Waals surface area contributed by atoms with E-state index in [0.29, 0.717) is 5.75 Å². The third-order valence-electron chi connectivity index (χ3n) is 1.57. The number of aryl methyl sites for hydroxylation is 2. The topological polar surface area (TPSA) is 55.3 Å². The van der Waals surface area contributed by atoms with Gasteiger partial charge in [-0.2, -0.15) is 0 Å². The fourth-order valence-electron chi connectivity index (χ4n) is 1.02. The predicted octanol–water partition coefficient (Wildman–Crippen LogP) is 0.630. The molecule has 0 radical (unpaired) electrons. The van der Waals surface area contributed by atoms with Gasteiger partial charge in [0.15, 0.2) is 0 Å². The normalized spacial score (nSPS) is 10.4. The number of benzene rings is 1. The molecular weight excluding hydrogens is 175 g/mol. The highest BCUT2D eigenvalue weighted by molar-refractivity contribution is 7.36. The molecule has 0 unspecified atom stereocenters. The molecule has 66 valence electrons. The van der Waals surface area contributed by atoms with Crippen LogP contribution in [0, 0.1) is 13.8 Å². The fraction of sp³-hybridized carbons (Fsp3) is 0.250. The molecule has 0 spiro atoms. The molecule has 1 aromatic carbocycles. The fourth-order valence-corrected chi connectivity index (χ4v) is 1.45. The van der Waals surface area contributed by atoms with Crippen molar-refractivity contribution >= 4 is 8.60 Å². The van der Waals surface area contributed by atoms with Crippen LogP contribution < -0.4 is 14.3 Å². The lowest BCUT2D eigenvalue weighted by atomic mass is 10.1. The Morgan fingerprint density at radius 3 is 2.08 bits per heavy atom. The molecule has 0 aliphatic heterocycles. The van der Waals surface area contributed by atoms with E-state index in [1.165, 1.54) is 0 Å². The maximum Gasteiger partial charge on any atom is 0.125 e. The summed E-state index contributed by atoms with van der Waals surface area (Å²) < 4.78 is 4.63. The van der Waals surface area contributed by atoms with Gasteiger partial charge >= 0.3 is 0 Å². The first-order valence-corrected chi connectivity index (χ1v) is 4.59. The molecule has 0 heterocycles. The van der Waals surface area contributed by atoms with Crippen molar-refractivity contribution in [3.05, 3.63) is 29.3 Å². The van der Waals surface area contributed by atoms with Crippen molar-refractivity contribution < 1.29 is 14.3 Å². The average Bonchev–Trinajstić information content (AvgIpc) is 1.97. The molecule has 0 saturated carbocycles. The van der Waals surface area contributed by atoms with Crippen molar-refractivity contribution in [1.82, 2.24) is 0 Å². The summed E-state index contributed by atoms with van der Waals surface area (Å²) in [7, 11) is -2.81. The van der Waals surface area contributed by atoms with Crippen molar-refractivity contribution in [1.29, 1.82) is 0 Å². The first-order chi connectivity index (χ1) is 5.61. The third kappa shape index (κ3) is 2.18. The first-order valence-electron chi connectivity index (χ1n) is 3.50. The Kier molecular flexibility index (Phi) is 3.04. The summed E-state index contributed by atoms with van der Waals surface area (Å²) in [6.07, 6.45) is 0. The van der Waals surface area contributed by atoms with Gasteiger partial charge in [-0.05, 0) is 25.0 Å². The van der Waals surface area contributed by atoms with Gasteiger partial charge in [0.2, 0.25) is 0 Å². The summed E-state index contributed by atoms with van der Waals surface area (Å²) in [5.41, 5.74) is 1.66. The van der Waals surface area contributed by atoms with Crippen LogP contribution in [0.15, 0.2) is 18.2 Å². The van der Waals surface area contributed by atoms with Crippen LogP contribution >= 0.6 is 8.60 Å². The SMILES string of the molecule is Cc1cccc(C)c1OP([O-])[O-]. The molecule has 0 N–H and O–H groups in total. The van der Waals surface area contributed by atoms with Gasteiger partial charge in [0.05, 0.1) is 0 Å². The minimum absolute atomic E-state index is 0.439. The van der Waals surface area contributed by atoms with Crippen LogP contribution in [0.1, 0.15) is 11.1 Å². The van der Waals surface area contributed by atoms with E-state index in [1.807, 2.05) is 6.07 Å². The van der Waals surface area contributed by atoms with Crippen LogP contribution in [-0.2, 0) is 0 Å². The molecule has 0 atom stereocenters. The van der Waals surface area contributed by atoms with Crippen LogP contribution in [0.4, 0.5) is 0 Å². The number of hydrogen-bond acceptors (Lipinski definition) is 3. The van der Waals surface area contributed by atoms with E-state index < -0.39 is 8.60 Å². The molecule has 0 aromatic heterocycles. The number of para-hydroxylation sites is 1. The van der Waals surface area contributed by atoms with Gasteiger partial charge in [-0.1, -0.05) is 26.8 Å². The highest BCUT2D eigenvalue weighted by atomic mass is 31.2. The van der Waals surface area contributed by atoms with Crippen LogP contribution in [0.3, 0.4) is 0 Å². The van der Waals surface area contributed by atoms with Crippen molar-refractivity contribution in [2.45, 2.75) is 13.8 Å². The Bertz CT molecular complexity index is 253. The second kappa shape index (κ2) is 3.85. The summed E-state index contributed by atoms with van der Waals surface area (Å²) in [6, 6.07) is 5.47. The summed E-state index contributed by atoms with van der Waals surface area (Å²) in [5.74, 6) is 0.439. The molecule has 3 nitrogen and oxygen atoms in total. The molecule has 0 fully saturated rings. The van der Waals surface area contributed by atoms with E-state index in [1.54, 1.807) is 26.0 Å². The van der Waals surface area contributed by atoms with Gasteiger partial charge in [-0.25, -0.2) is 0 Å². The summed E-state index contributed by atoms with van der Waals surface area (Å²) in [4.78, 5) is 20.6. The van der Waals surface area contributed by atoms with Crippen LogP contribution in [-0.4, -0.2) is 0 Å². The van der Waals surface area contributed by atoms with Crippen LogP contribution in [0.25, 0.3) is 0 Å². The van der Waals surface area contributed by atoms with E-state index in [9.17, 15) is 9.79 Å². The molecule has 0 saturated heterocycles. The Morgan fingerprint density at radius 2 is 1.67 bits per heavy atom. The van der Waals surface area contributed by atoms with E-state index in [-0.39, 0.29) is 0 Å². The lowest BCUT2D eigenvalue weighted by molar-refractivity contribution is -0.310. The van der Waals surface area contributed by atoms with Crippen LogP contribution in [0.2, 0.25) is 0 Å². The Hall–Kier alpha value is -0.630. The van der Waals surface area contributed by atoms with Gasteiger partial charge in [0.25, 0.3) is 0 Å². The molecule has 12 heavy (non-hydrogen) atoms. The van der Waals surface area contributed by atoms with Gasteiger partial charge in [-0.3, -0.25) is 0 Å². The van der Waals surface area contributed by atoms with Gasteiger partial charge < -0.3 is 14.3 Å². The van der Waals surface area contributed by atoms with Crippen molar-refractivity contribution in [3.63, 3.8) is 0 Å². The molecule has 0 aliphatic carbocycles. The Balaban J connectivity index is 2.96. The first kappa shape index (κ1) is 9.46. The maximum atomic E-state index is 10.3. The van der Waals surface area contributed by atoms with Crippen molar-refractivity contribution in [2.75, 3.05) is 0 Å². The zero-order valence-electron chi connectivity index (χ0n) is 6.90. The minimum Gasteiger partial charge on any atom is -0.810 e. The molecular formula is C8H9O3P-2. The third-order valence-corrected chi connectivity index (χ3v) is 1.91. The van der Waals surface area contributed by atoms with Gasteiger partial charge in [-0.15, -0.1) is 0 Å². The monoisotopic (exact) mass is 184 g/mol. The smallest absolute Gasteiger partial charge is 0.125 e. The van der Waals surface area contributed by atoms with E-state index in [2.05, 4.69) is 4.52 Å². The highest BCUT2D eigenvalue weighted by Gasteiger charge is 2.00. The Labute approximate surface area is 72.6 Å². The number of hydrogen-bond donors (Lipinski definition) is 0. The zero-order chi connectivity index (χ0) is 9.14. The molecule has 1 rings (SSSR count). The molecule has 1 aromatic rings. The van der Waals surface area contributed by atoms with Gasteiger partial charge in [0, 0.05) is 0 Å². The summed E-state index contributed by atoms with van der Waals surface area (Å²) in [5, 5.41) is 0. The lowest BCUT2D eigenvalue weighted by Gasteiger charge is -2.31. The zero-order valence-corrected chi connectivity index (χ0v) is 7.80. The van der Waals surface area contributed by atoms with Crippen LogP contribution in [0.5, 0.6) is 5.75 Å². The predicted molar refractivity (Wildman–Crippen MR) is 43.5 cm³/mol. The van der Waals surface area contributed by atoms with Crippen molar-refractivity contribution in [3.8, 4) is 5.75 Å². The minimum atomic E-state index is -2.81. The van der Waals surface area contributed by atoms with E-state index in [4.69, 9.17) is 0 Å². The second-order valence-electron chi connectivity index (χ2n) is 2.54. The standard InChI is InChI=1S/C8H9O3P/c1-6-4-3-5-7(2)8(6)11-12(9)10/h3-5H,1-2H3/q-2. The number of rotatable bonds is 2. The quantitative estimate of drug-likeness (QED) is 0.633. The van der Waals surface area contributed by atoms with Gasteiger partial charge in [0.1, 0.15) is 5.75 Å². The highest BCUT2D eigenvalue weighted by Crippen LogP contribution is 2.29.